The van der Waals surface area contributed by atoms with Crippen molar-refractivity contribution in [2.45, 2.75) is 33.6 Å². The summed E-state index contributed by atoms with van der Waals surface area (Å²) in [7, 11) is 3.86. The zero-order valence-electron chi connectivity index (χ0n) is 12.2. The fourth-order valence-corrected chi connectivity index (χ4v) is 1.24. The van der Waals surface area contributed by atoms with E-state index < -0.39 is 11.4 Å². The summed E-state index contributed by atoms with van der Waals surface area (Å²) in [6.07, 6.45) is 0.866. The van der Waals surface area contributed by atoms with Crippen molar-refractivity contribution >= 4 is 11.9 Å². The second-order valence-corrected chi connectivity index (χ2v) is 5.90. The zero-order valence-corrected chi connectivity index (χ0v) is 12.2. The Morgan fingerprint density at radius 2 is 1.78 bits per heavy atom. The second-order valence-electron chi connectivity index (χ2n) is 5.90. The Balaban J connectivity index is 4.03. The van der Waals surface area contributed by atoms with Crippen LogP contribution in [0.25, 0.3) is 0 Å². The summed E-state index contributed by atoms with van der Waals surface area (Å²) < 4.78 is 5.77. The monoisotopic (exact) mass is 260 g/mol. The first kappa shape index (κ1) is 16.9. The van der Waals surface area contributed by atoms with Gasteiger partial charge in [-0.2, -0.15) is 0 Å². The largest absolute Gasteiger partial charge is 0.481 e. The van der Waals surface area contributed by atoms with Crippen molar-refractivity contribution in [3.63, 3.8) is 0 Å². The highest BCUT2D eigenvalue weighted by atomic mass is 16.5. The van der Waals surface area contributed by atoms with E-state index in [1.165, 1.54) is 0 Å². The quantitative estimate of drug-likeness (QED) is 0.531. The number of likely N-dealkylation sites (N-methyl/N-ethyl adjacent to an activating group) is 1. The molecule has 0 rings (SSSR count). The molecular weight excluding hydrogens is 234 g/mol. The molecule has 0 spiro atoms. The van der Waals surface area contributed by atoms with E-state index in [2.05, 4.69) is 0 Å². The number of carbonyl (C=O) groups is 2. The summed E-state index contributed by atoms with van der Waals surface area (Å²) in [6.45, 7) is 7.16. The first-order chi connectivity index (χ1) is 8.10. The number of carboxylic acids is 1. The number of carboxylic acid groups (broad SMARTS) is 1. The van der Waals surface area contributed by atoms with Gasteiger partial charge in [0.2, 0.25) is 0 Å². The van der Waals surface area contributed by atoms with Gasteiger partial charge in [0.05, 0.1) is 32.5 Å². The van der Waals surface area contributed by atoms with Crippen LogP contribution >= 0.6 is 0 Å². The summed E-state index contributed by atoms with van der Waals surface area (Å²) in [5.74, 6) is -0.992. The van der Waals surface area contributed by atoms with E-state index in [-0.39, 0.29) is 12.4 Å². The molecule has 0 saturated carbocycles. The molecule has 0 aliphatic heterocycles. The molecule has 0 saturated heterocycles. The van der Waals surface area contributed by atoms with Gasteiger partial charge >= 0.3 is 11.9 Å². The third-order valence-corrected chi connectivity index (χ3v) is 3.30. The van der Waals surface area contributed by atoms with Crippen LogP contribution in [0.3, 0.4) is 0 Å². The van der Waals surface area contributed by atoms with Gasteiger partial charge in [-0.15, -0.1) is 0 Å². The molecule has 5 heteroatoms. The zero-order chi connectivity index (χ0) is 14.4. The maximum absolute atomic E-state index is 11.7. The minimum atomic E-state index is -0.801. The van der Waals surface area contributed by atoms with Gasteiger partial charge < -0.3 is 14.3 Å². The van der Waals surface area contributed by atoms with E-state index in [4.69, 9.17) is 9.84 Å². The van der Waals surface area contributed by atoms with Crippen LogP contribution in [-0.4, -0.2) is 55.3 Å². The van der Waals surface area contributed by atoms with Crippen molar-refractivity contribution in [2.75, 3.05) is 33.8 Å². The second kappa shape index (κ2) is 6.73. The molecule has 0 atom stereocenters. The maximum Gasteiger partial charge on any atom is 0.311 e. The molecule has 0 aliphatic carbocycles. The van der Waals surface area contributed by atoms with Crippen molar-refractivity contribution in [2.24, 2.45) is 5.41 Å². The van der Waals surface area contributed by atoms with Gasteiger partial charge in [0.15, 0.2) is 0 Å². The fourth-order valence-electron chi connectivity index (χ4n) is 1.24. The number of esters is 1. The van der Waals surface area contributed by atoms with E-state index in [0.29, 0.717) is 24.2 Å². The number of nitrogens with zero attached hydrogens (tertiary/aromatic N) is 1. The predicted octanol–water partition coefficient (Wildman–Crippen LogP) is 1.52. The average Bonchev–Trinajstić information content (AvgIpc) is 2.26. The van der Waals surface area contributed by atoms with Crippen LogP contribution < -0.4 is 0 Å². The molecule has 0 fully saturated rings. The van der Waals surface area contributed by atoms with Gasteiger partial charge in [0, 0.05) is 0 Å². The fraction of sp³-hybridized carbons (Fsp3) is 0.846. The van der Waals surface area contributed by atoms with Gasteiger partial charge in [-0.3, -0.25) is 9.59 Å². The minimum absolute atomic E-state index is 0.126. The van der Waals surface area contributed by atoms with Gasteiger partial charge in [-0.25, -0.2) is 0 Å². The Bertz CT molecular complexity index is 297. The van der Waals surface area contributed by atoms with Crippen molar-refractivity contribution < 1.29 is 23.9 Å². The van der Waals surface area contributed by atoms with Crippen molar-refractivity contribution in [3.05, 3.63) is 0 Å². The summed E-state index contributed by atoms with van der Waals surface area (Å²) in [5, 5.41) is 8.63. The van der Waals surface area contributed by atoms with E-state index in [0.717, 1.165) is 6.42 Å². The van der Waals surface area contributed by atoms with Gasteiger partial charge in [0.25, 0.3) is 0 Å². The smallest absolute Gasteiger partial charge is 0.311 e. The van der Waals surface area contributed by atoms with Crippen LogP contribution in [0.1, 0.15) is 33.6 Å². The van der Waals surface area contributed by atoms with Gasteiger partial charge in [-0.05, 0) is 20.3 Å². The molecule has 0 amide bonds. The van der Waals surface area contributed by atoms with Crippen LogP contribution in [0.4, 0.5) is 0 Å². The molecule has 0 aromatic rings. The Kier molecular flexibility index (Phi) is 6.32. The van der Waals surface area contributed by atoms with Gasteiger partial charge in [0.1, 0.15) is 13.2 Å². The Morgan fingerprint density at radius 1 is 1.22 bits per heavy atom. The molecular formula is C13H26NO4+. The normalized spacial score (nSPS) is 12.3. The number of aliphatic carboxylic acids is 1. The molecule has 1 N–H and O–H groups in total. The maximum atomic E-state index is 11.7. The molecule has 0 aliphatic rings. The molecule has 0 bridgehead atoms. The number of hydrogen-bond donors (Lipinski definition) is 1. The minimum Gasteiger partial charge on any atom is -0.481 e. The molecule has 5 nitrogen and oxygen atoms in total. The summed E-state index contributed by atoms with van der Waals surface area (Å²) >= 11 is 0. The number of hydrogen-bond acceptors (Lipinski definition) is 3. The predicted molar refractivity (Wildman–Crippen MR) is 69.1 cm³/mol. The number of ether oxygens (including phenoxy) is 1. The molecule has 0 aromatic heterocycles. The Hall–Kier alpha value is -1.10. The highest BCUT2D eigenvalue weighted by molar-refractivity contribution is 5.75. The first-order valence-electron chi connectivity index (χ1n) is 6.32. The Morgan fingerprint density at radius 3 is 2.22 bits per heavy atom. The molecule has 0 aromatic carbocycles. The van der Waals surface area contributed by atoms with Crippen molar-refractivity contribution in [1.82, 2.24) is 0 Å². The van der Waals surface area contributed by atoms with Crippen LogP contribution in [0.2, 0.25) is 0 Å². The molecule has 18 heavy (non-hydrogen) atoms. The molecule has 0 heterocycles. The number of rotatable bonds is 8. The van der Waals surface area contributed by atoms with Crippen LogP contribution in [-0.2, 0) is 14.3 Å². The molecule has 0 unspecified atom stereocenters. The lowest BCUT2D eigenvalue weighted by atomic mass is 9.91. The lowest BCUT2D eigenvalue weighted by molar-refractivity contribution is -0.889. The molecule has 0 radical (unpaired) electrons. The van der Waals surface area contributed by atoms with Crippen LogP contribution in [0.15, 0.2) is 0 Å². The third-order valence-electron chi connectivity index (χ3n) is 3.30. The highest BCUT2D eigenvalue weighted by Crippen LogP contribution is 2.21. The lowest BCUT2D eigenvalue weighted by Crippen LogP contribution is -2.44. The lowest BCUT2D eigenvalue weighted by Gasteiger charge is -2.29. The van der Waals surface area contributed by atoms with E-state index in [1.807, 2.05) is 34.9 Å². The van der Waals surface area contributed by atoms with E-state index in [9.17, 15) is 9.59 Å². The summed E-state index contributed by atoms with van der Waals surface area (Å²) in [4.78, 5) is 22.2. The SMILES string of the molecule is CCC(C)(C)C(=O)OCC[N+](C)(C)CCC(=O)O. The third kappa shape index (κ3) is 6.59. The van der Waals surface area contributed by atoms with Crippen molar-refractivity contribution in [3.8, 4) is 0 Å². The molecule has 106 valence electrons. The summed E-state index contributed by atoms with van der Waals surface area (Å²) in [5.41, 5.74) is -0.446. The number of carbonyl (C=O) groups excluding carboxylic acids is 1. The van der Waals surface area contributed by atoms with Crippen molar-refractivity contribution in [1.29, 1.82) is 0 Å². The van der Waals surface area contributed by atoms with Crippen LogP contribution in [0, 0.1) is 5.41 Å². The van der Waals surface area contributed by atoms with Gasteiger partial charge in [-0.1, -0.05) is 6.92 Å². The Labute approximate surface area is 109 Å². The first-order valence-corrected chi connectivity index (χ1v) is 6.32. The standard InChI is InChI=1S/C13H25NO4/c1-6-13(2,3)12(17)18-10-9-14(4,5)8-7-11(15)16/h6-10H2,1-5H3/p+1. The average molecular weight is 260 g/mol. The summed E-state index contributed by atoms with van der Waals surface area (Å²) in [6, 6.07) is 0. The van der Waals surface area contributed by atoms with E-state index >= 15 is 0 Å². The number of quaternary nitrogens is 1. The highest BCUT2D eigenvalue weighted by Gasteiger charge is 2.27. The topological polar surface area (TPSA) is 63.6 Å². The van der Waals surface area contributed by atoms with Crippen LogP contribution in [0.5, 0.6) is 0 Å². The van der Waals surface area contributed by atoms with E-state index in [1.54, 1.807) is 0 Å².